The molecule has 0 heterocycles. The number of benzene rings is 1. The molecule has 22 heavy (non-hydrogen) atoms. The molecule has 0 fully saturated rings. The van der Waals surface area contributed by atoms with Crippen molar-refractivity contribution in [1.82, 2.24) is 10.6 Å². The minimum Gasteiger partial charge on any atom is -0.497 e. The Labute approximate surface area is 131 Å². The van der Waals surface area contributed by atoms with Gasteiger partial charge in [0, 0.05) is 12.6 Å². The summed E-state index contributed by atoms with van der Waals surface area (Å²) in [5.41, 5.74) is 0.885. The maximum atomic E-state index is 11.8. The van der Waals surface area contributed by atoms with Gasteiger partial charge in [-0.25, -0.2) is 0 Å². The van der Waals surface area contributed by atoms with Crippen LogP contribution in [0, 0.1) is 0 Å². The highest BCUT2D eigenvalue weighted by atomic mass is 16.5. The van der Waals surface area contributed by atoms with Crippen LogP contribution in [0.4, 0.5) is 0 Å². The number of amides is 2. The van der Waals surface area contributed by atoms with Crippen molar-refractivity contribution in [3.8, 4) is 5.75 Å². The summed E-state index contributed by atoms with van der Waals surface area (Å²) in [4.78, 5) is 23.5. The van der Waals surface area contributed by atoms with Crippen LogP contribution < -0.4 is 15.4 Å². The Kier molecular flexibility index (Phi) is 7.75. The van der Waals surface area contributed by atoms with Gasteiger partial charge >= 0.3 is 0 Å². The van der Waals surface area contributed by atoms with E-state index in [2.05, 4.69) is 17.6 Å². The third kappa shape index (κ3) is 6.43. The Hall–Kier alpha value is -2.30. The molecule has 0 aromatic heterocycles. The number of methoxy groups -OCH3 is 1. The maximum Gasteiger partial charge on any atom is 0.244 e. The van der Waals surface area contributed by atoms with Crippen LogP contribution in [-0.2, 0) is 9.59 Å². The number of hydrogen-bond acceptors (Lipinski definition) is 3. The summed E-state index contributed by atoms with van der Waals surface area (Å²) in [5.74, 6) is 0.299. The van der Waals surface area contributed by atoms with E-state index < -0.39 is 6.04 Å². The van der Waals surface area contributed by atoms with Crippen molar-refractivity contribution in [1.29, 1.82) is 0 Å². The summed E-state index contributed by atoms with van der Waals surface area (Å²) >= 11 is 0. The summed E-state index contributed by atoms with van der Waals surface area (Å²) in [7, 11) is 1.60. The van der Waals surface area contributed by atoms with Crippen molar-refractivity contribution in [2.24, 2.45) is 0 Å². The SMILES string of the molecule is CCCCNC(=O)C(C)NC(=O)/C=C/c1ccc(OC)cc1. The lowest BCUT2D eigenvalue weighted by Gasteiger charge is -2.12. The predicted molar refractivity (Wildman–Crippen MR) is 87.6 cm³/mol. The smallest absolute Gasteiger partial charge is 0.244 e. The van der Waals surface area contributed by atoms with Crippen LogP contribution in [-0.4, -0.2) is 31.5 Å². The Balaban J connectivity index is 2.43. The lowest BCUT2D eigenvalue weighted by molar-refractivity contribution is -0.126. The topological polar surface area (TPSA) is 67.4 Å². The van der Waals surface area contributed by atoms with Gasteiger partial charge < -0.3 is 15.4 Å². The van der Waals surface area contributed by atoms with Crippen LogP contribution >= 0.6 is 0 Å². The molecular weight excluding hydrogens is 280 g/mol. The van der Waals surface area contributed by atoms with E-state index in [9.17, 15) is 9.59 Å². The molecular formula is C17H24N2O3. The number of ether oxygens (including phenoxy) is 1. The largest absolute Gasteiger partial charge is 0.497 e. The number of hydrogen-bond donors (Lipinski definition) is 2. The molecule has 0 aliphatic heterocycles. The summed E-state index contributed by atoms with van der Waals surface area (Å²) in [5, 5.41) is 5.42. The van der Waals surface area contributed by atoms with Gasteiger partial charge in [0.25, 0.3) is 0 Å². The molecule has 1 aromatic carbocycles. The zero-order chi connectivity index (χ0) is 16.4. The van der Waals surface area contributed by atoms with Gasteiger partial charge in [-0.3, -0.25) is 9.59 Å². The second-order valence-electron chi connectivity index (χ2n) is 4.98. The van der Waals surface area contributed by atoms with E-state index in [0.29, 0.717) is 6.54 Å². The fraction of sp³-hybridized carbons (Fsp3) is 0.412. The monoisotopic (exact) mass is 304 g/mol. The summed E-state index contributed by atoms with van der Waals surface area (Å²) < 4.78 is 5.07. The Morgan fingerprint density at radius 1 is 1.27 bits per heavy atom. The van der Waals surface area contributed by atoms with Crippen LogP contribution in [0.25, 0.3) is 6.08 Å². The van der Waals surface area contributed by atoms with Gasteiger partial charge in [0.2, 0.25) is 11.8 Å². The first-order valence-corrected chi connectivity index (χ1v) is 7.47. The fourth-order valence-corrected chi connectivity index (χ4v) is 1.76. The van der Waals surface area contributed by atoms with Crippen LogP contribution in [0.2, 0.25) is 0 Å². The number of unbranched alkanes of at least 4 members (excludes halogenated alkanes) is 1. The first-order chi connectivity index (χ1) is 10.6. The van der Waals surface area contributed by atoms with Crippen LogP contribution in [0.15, 0.2) is 30.3 Å². The first kappa shape index (κ1) is 17.8. The normalized spacial score (nSPS) is 12.0. The number of carbonyl (C=O) groups is 2. The minimum atomic E-state index is -0.551. The Morgan fingerprint density at radius 3 is 2.55 bits per heavy atom. The molecule has 0 radical (unpaired) electrons. The van der Waals surface area contributed by atoms with E-state index in [1.165, 1.54) is 6.08 Å². The Morgan fingerprint density at radius 2 is 1.95 bits per heavy atom. The minimum absolute atomic E-state index is 0.167. The van der Waals surface area contributed by atoms with Crippen molar-refractivity contribution in [2.45, 2.75) is 32.7 Å². The molecule has 1 aromatic rings. The van der Waals surface area contributed by atoms with E-state index in [1.54, 1.807) is 20.1 Å². The standard InChI is InChI=1S/C17H24N2O3/c1-4-5-12-18-17(21)13(2)19-16(20)11-8-14-6-9-15(22-3)10-7-14/h6-11,13H,4-5,12H2,1-3H3,(H,18,21)(H,19,20)/b11-8+. The molecule has 0 aliphatic carbocycles. The van der Waals surface area contributed by atoms with E-state index in [4.69, 9.17) is 4.74 Å². The van der Waals surface area contributed by atoms with Gasteiger partial charge in [0.15, 0.2) is 0 Å². The third-order valence-corrected chi connectivity index (χ3v) is 3.12. The molecule has 0 bridgehead atoms. The fourth-order valence-electron chi connectivity index (χ4n) is 1.76. The Bertz CT molecular complexity index is 509. The molecule has 1 atom stereocenters. The van der Waals surface area contributed by atoms with Crippen molar-refractivity contribution in [3.05, 3.63) is 35.9 Å². The number of carbonyl (C=O) groups excluding carboxylic acids is 2. The van der Waals surface area contributed by atoms with Gasteiger partial charge in [-0.1, -0.05) is 25.5 Å². The predicted octanol–water partition coefficient (Wildman–Crippen LogP) is 2.13. The van der Waals surface area contributed by atoms with Crippen LogP contribution in [0.5, 0.6) is 5.75 Å². The number of rotatable bonds is 8. The second kappa shape index (κ2) is 9.60. The van der Waals surface area contributed by atoms with Gasteiger partial charge in [-0.05, 0) is 37.1 Å². The second-order valence-corrected chi connectivity index (χ2v) is 4.98. The maximum absolute atomic E-state index is 11.8. The summed E-state index contributed by atoms with van der Waals surface area (Å²) in [6.45, 7) is 4.36. The molecule has 0 aliphatic rings. The van der Waals surface area contributed by atoms with Crippen molar-refractivity contribution in [3.63, 3.8) is 0 Å². The molecule has 0 saturated heterocycles. The third-order valence-electron chi connectivity index (χ3n) is 3.12. The van der Waals surface area contributed by atoms with Gasteiger partial charge in [0.1, 0.15) is 11.8 Å². The van der Waals surface area contributed by atoms with Gasteiger partial charge in [-0.15, -0.1) is 0 Å². The summed E-state index contributed by atoms with van der Waals surface area (Å²) in [6.07, 6.45) is 5.06. The highest BCUT2D eigenvalue weighted by Gasteiger charge is 2.13. The van der Waals surface area contributed by atoms with E-state index in [0.717, 1.165) is 24.2 Å². The lowest BCUT2D eigenvalue weighted by Crippen LogP contribution is -2.44. The lowest BCUT2D eigenvalue weighted by atomic mass is 10.2. The molecule has 1 rings (SSSR count). The van der Waals surface area contributed by atoms with Crippen LogP contribution in [0.3, 0.4) is 0 Å². The summed E-state index contributed by atoms with van der Waals surface area (Å²) in [6, 6.07) is 6.79. The van der Waals surface area contributed by atoms with Crippen molar-refractivity contribution < 1.29 is 14.3 Å². The molecule has 1 unspecified atom stereocenters. The quantitative estimate of drug-likeness (QED) is 0.571. The van der Waals surface area contributed by atoms with Crippen molar-refractivity contribution >= 4 is 17.9 Å². The molecule has 2 N–H and O–H groups in total. The zero-order valence-electron chi connectivity index (χ0n) is 13.4. The first-order valence-electron chi connectivity index (χ1n) is 7.47. The van der Waals surface area contributed by atoms with E-state index >= 15 is 0 Å². The van der Waals surface area contributed by atoms with Gasteiger partial charge in [0.05, 0.1) is 7.11 Å². The van der Waals surface area contributed by atoms with Crippen molar-refractivity contribution in [2.75, 3.05) is 13.7 Å². The van der Waals surface area contributed by atoms with E-state index in [1.807, 2.05) is 24.3 Å². The average molecular weight is 304 g/mol. The molecule has 2 amide bonds. The molecule has 5 heteroatoms. The zero-order valence-corrected chi connectivity index (χ0v) is 13.4. The van der Waals surface area contributed by atoms with Gasteiger partial charge in [-0.2, -0.15) is 0 Å². The average Bonchev–Trinajstić information content (AvgIpc) is 2.53. The molecule has 120 valence electrons. The highest BCUT2D eigenvalue weighted by molar-refractivity contribution is 5.95. The van der Waals surface area contributed by atoms with Crippen LogP contribution in [0.1, 0.15) is 32.3 Å². The van der Waals surface area contributed by atoms with E-state index in [-0.39, 0.29) is 11.8 Å². The highest BCUT2D eigenvalue weighted by Crippen LogP contribution is 2.12. The molecule has 5 nitrogen and oxygen atoms in total. The number of nitrogens with one attached hydrogen (secondary N) is 2. The molecule has 0 spiro atoms. The molecule has 0 saturated carbocycles.